The minimum Gasteiger partial charge on any atom is -0.467 e. The van der Waals surface area contributed by atoms with Gasteiger partial charge in [-0.25, -0.2) is 4.79 Å². The maximum absolute atomic E-state index is 12.0. The Morgan fingerprint density at radius 3 is 2.11 bits per heavy atom. The summed E-state index contributed by atoms with van der Waals surface area (Å²) in [4.78, 5) is 12.0. The Morgan fingerprint density at radius 1 is 1.00 bits per heavy atom. The van der Waals surface area contributed by atoms with E-state index >= 15 is 0 Å². The normalized spacial score (nSPS) is 25.1. The van der Waals surface area contributed by atoms with Crippen molar-refractivity contribution in [2.75, 3.05) is 13.7 Å². The summed E-state index contributed by atoms with van der Waals surface area (Å²) >= 11 is 0. The number of benzene rings is 2. The lowest BCUT2D eigenvalue weighted by Gasteiger charge is -2.38. The average Bonchev–Trinajstić information content (AvgIpc) is 2.72. The molecule has 0 saturated carbocycles. The van der Waals surface area contributed by atoms with Crippen LogP contribution in [0.15, 0.2) is 60.7 Å². The van der Waals surface area contributed by atoms with Gasteiger partial charge in [0.15, 0.2) is 6.10 Å². The van der Waals surface area contributed by atoms with Gasteiger partial charge in [-0.15, -0.1) is 0 Å². The van der Waals surface area contributed by atoms with Crippen molar-refractivity contribution in [3.8, 4) is 0 Å². The fourth-order valence-electron chi connectivity index (χ4n) is 2.98. The first-order valence-corrected chi connectivity index (χ1v) is 8.87. The lowest BCUT2D eigenvalue weighted by molar-refractivity contribution is -0.228. The fourth-order valence-corrected chi connectivity index (χ4v) is 2.98. The zero-order valence-electron chi connectivity index (χ0n) is 15.2. The molecule has 0 aromatic heterocycles. The van der Waals surface area contributed by atoms with Crippen molar-refractivity contribution in [2.24, 2.45) is 0 Å². The topological polar surface area (TPSA) is 74.2 Å². The third-order valence-electron chi connectivity index (χ3n) is 4.48. The molecular formula is C21H24O6. The molecule has 0 radical (unpaired) electrons. The molecule has 2 aromatic carbocycles. The summed E-state index contributed by atoms with van der Waals surface area (Å²) in [5, 5.41) is 10.8. The molecule has 1 aliphatic rings. The van der Waals surface area contributed by atoms with Gasteiger partial charge in [0.05, 0.1) is 26.9 Å². The first-order valence-electron chi connectivity index (χ1n) is 8.87. The second-order valence-corrected chi connectivity index (χ2v) is 6.36. The second kappa shape index (κ2) is 9.62. The minimum atomic E-state index is -1.02. The Hall–Kier alpha value is -2.25. The van der Waals surface area contributed by atoms with Crippen molar-refractivity contribution in [3.63, 3.8) is 0 Å². The maximum Gasteiger partial charge on any atom is 0.337 e. The number of methoxy groups -OCH3 is 1. The Labute approximate surface area is 158 Å². The summed E-state index contributed by atoms with van der Waals surface area (Å²) in [6.45, 7) is 0.657. The highest BCUT2D eigenvalue weighted by atomic mass is 16.6. The molecule has 1 heterocycles. The van der Waals surface area contributed by atoms with Gasteiger partial charge in [-0.3, -0.25) is 0 Å². The first-order chi connectivity index (χ1) is 13.2. The van der Waals surface area contributed by atoms with E-state index < -0.39 is 30.4 Å². The molecule has 1 saturated heterocycles. The fraction of sp³-hybridized carbons (Fsp3) is 0.381. The molecular weight excluding hydrogens is 348 g/mol. The monoisotopic (exact) mass is 372 g/mol. The van der Waals surface area contributed by atoms with Crippen molar-refractivity contribution in [3.05, 3.63) is 71.8 Å². The van der Waals surface area contributed by atoms with Gasteiger partial charge in [0.1, 0.15) is 18.3 Å². The summed E-state index contributed by atoms with van der Waals surface area (Å²) in [5.74, 6) is -0.575. The van der Waals surface area contributed by atoms with Crippen LogP contribution in [0, 0.1) is 0 Å². The Bertz CT molecular complexity index is 705. The van der Waals surface area contributed by atoms with Crippen LogP contribution in [0.4, 0.5) is 0 Å². The van der Waals surface area contributed by atoms with Crippen LogP contribution < -0.4 is 0 Å². The number of hydrogen-bond acceptors (Lipinski definition) is 6. The van der Waals surface area contributed by atoms with Crippen LogP contribution in [0.5, 0.6) is 0 Å². The molecule has 0 amide bonds. The molecule has 3 rings (SSSR count). The van der Waals surface area contributed by atoms with E-state index in [0.29, 0.717) is 6.61 Å². The van der Waals surface area contributed by atoms with Crippen LogP contribution in [0.1, 0.15) is 11.1 Å². The number of ether oxygens (including phenoxy) is 4. The van der Waals surface area contributed by atoms with Gasteiger partial charge < -0.3 is 24.1 Å². The highest BCUT2D eigenvalue weighted by Crippen LogP contribution is 2.24. The van der Waals surface area contributed by atoms with Gasteiger partial charge in [-0.2, -0.15) is 0 Å². The molecule has 144 valence electrons. The van der Waals surface area contributed by atoms with E-state index in [1.54, 1.807) is 0 Å². The summed E-state index contributed by atoms with van der Waals surface area (Å²) in [7, 11) is 1.28. The number of aliphatic hydroxyl groups is 1. The highest BCUT2D eigenvalue weighted by molar-refractivity contribution is 5.75. The van der Waals surface area contributed by atoms with E-state index in [-0.39, 0.29) is 13.2 Å². The largest absolute Gasteiger partial charge is 0.467 e. The third kappa shape index (κ3) is 5.14. The van der Waals surface area contributed by atoms with E-state index in [9.17, 15) is 9.90 Å². The van der Waals surface area contributed by atoms with E-state index in [1.165, 1.54) is 7.11 Å². The lowest BCUT2D eigenvalue weighted by atomic mass is 9.99. The van der Waals surface area contributed by atoms with Crippen molar-refractivity contribution in [2.45, 2.75) is 37.6 Å². The van der Waals surface area contributed by atoms with Crippen LogP contribution in [-0.2, 0) is 37.0 Å². The van der Waals surface area contributed by atoms with Crippen LogP contribution in [0.3, 0.4) is 0 Å². The van der Waals surface area contributed by atoms with E-state index in [4.69, 9.17) is 18.9 Å². The van der Waals surface area contributed by atoms with Gasteiger partial charge in [0, 0.05) is 0 Å². The van der Waals surface area contributed by atoms with Crippen LogP contribution >= 0.6 is 0 Å². The molecule has 6 heteroatoms. The molecule has 6 nitrogen and oxygen atoms in total. The minimum absolute atomic E-state index is 0.0823. The summed E-state index contributed by atoms with van der Waals surface area (Å²) in [5.41, 5.74) is 1.92. The lowest BCUT2D eigenvalue weighted by Crippen LogP contribution is -2.57. The standard InChI is InChI=1S/C21H24O6/c1-24-21(23)20-19(26-13-16-10-6-3-7-11-16)18(22)17(14-27-20)25-12-15-8-4-2-5-9-15/h2-11,17-20,22H,12-14H2,1H3/t17-,18-,19+,20+/m1/s1. The number of hydrogen-bond donors (Lipinski definition) is 1. The molecule has 2 aromatic rings. The van der Waals surface area contributed by atoms with Gasteiger partial charge >= 0.3 is 5.97 Å². The number of rotatable bonds is 7. The second-order valence-electron chi connectivity index (χ2n) is 6.36. The summed E-state index contributed by atoms with van der Waals surface area (Å²) in [6.07, 6.45) is -3.50. The predicted molar refractivity (Wildman–Crippen MR) is 97.8 cm³/mol. The third-order valence-corrected chi connectivity index (χ3v) is 4.48. The maximum atomic E-state index is 12.0. The summed E-state index contributed by atoms with van der Waals surface area (Å²) in [6, 6.07) is 19.2. The number of aliphatic hydroxyl groups excluding tert-OH is 1. The van der Waals surface area contributed by atoms with Crippen LogP contribution in [-0.4, -0.2) is 49.2 Å². The molecule has 27 heavy (non-hydrogen) atoms. The SMILES string of the molecule is COC(=O)[C@H]1OC[C@@H](OCc2ccccc2)[C@@H](O)[C@@H]1OCc1ccccc1. The molecule has 0 spiro atoms. The smallest absolute Gasteiger partial charge is 0.337 e. The van der Waals surface area contributed by atoms with Crippen LogP contribution in [0.25, 0.3) is 0 Å². The van der Waals surface area contributed by atoms with Crippen molar-refractivity contribution >= 4 is 5.97 Å². The Balaban J connectivity index is 1.65. The van der Waals surface area contributed by atoms with Gasteiger partial charge in [0.25, 0.3) is 0 Å². The van der Waals surface area contributed by atoms with E-state index in [0.717, 1.165) is 11.1 Å². The summed E-state index contributed by atoms with van der Waals surface area (Å²) < 4.78 is 22.1. The average molecular weight is 372 g/mol. The first kappa shape index (κ1) is 19.5. The van der Waals surface area contributed by atoms with Gasteiger partial charge in [-0.05, 0) is 11.1 Å². The predicted octanol–water partition coefficient (Wildman–Crippen LogP) is 2.09. The molecule has 1 N–H and O–H groups in total. The quantitative estimate of drug-likeness (QED) is 0.751. The highest BCUT2D eigenvalue weighted by Gasteiger charge is 2.45. The Kier molecular flexibility index (Phi) is 6.95. The van der Waals surface area contributed by atoms with Crippen molar-refractivity contribution < 1.29 is 28.8 Å². The van der Waals surface area contributed by atoms with E-state index in [2.05, 4.69) is 0 Å². The molecule has 1 fully saturated rings. The zero-order chi connectivity index (χ0) is 19.1. The Morgan fingerprint density at radius 2 is 1.56 bits per heavy atom. The van der Waals surface area contributed by atoms with Gasteiger partial charge in [0.2, 0.25) is 0 Å². The number of carbonyl (C=O) groups is 1. The van der Waals surface area contributed by atoms with Crippen LogP contribution in [0.2, 0.25) is 0 Å². The molecule has 0 bridgehead atoms. The van der Waals surface area contributed by atoms with Crippen molar-refractivity contribution in [1.82, 2.24) is 0 Å². The molecule has 1 aliphatic heterocycles. The number of carbonyl (C=O) groups excluding carboxylic acids is 1. The molecule has 0 aliphatic carbocycles. The van der Waals surface area contributed by atoms with E-state index in [1.807, 2.05) is 60.7 Å². The molecule has 4 atom stereocenters. The molecule has 0 unspecified atom stereocenters. The van der Waals surface area contributed by atoms with Crippen molar-refractivity contribution in [1.29, 1.82) is 0 Å². The zero-order valence-corrected chi connectivity index (χ0v) is 15.2. The number of esters is 1. The van der Waals surface area contributed by atoms with Gasteiger partial charge in [-0.1, -0.05) is 60.7 Å².